The Hall–Kier alpha value is -5.08. The molecule has 0 N–H and O–H groups in total. The summed E-state index contributed by atoms with van der Waals surface area (Å²) >= 11 is 0. The Labute approximate surface area is 240 Å². The van der Waals surface area contributed by atoms with Crippen LogP contribution < -0.4 is 4.90 Å². The topological polar surface area (TPSA) is 16.4 Å². The van der Waals surface area contributed by atoms with E-state index in [0.29, 0.717) is 0 Å². The monoisotopic (exact) mass is 527 g/mol. The molecule has 2 nitrogen and oxygen atoms in total. The summed E-state index contributed by atoms with van der Waals surface area (Å²) in [6, 6.07) is 49.8. The number of hydrogen-bond donors (Lipinski definition) is 0. The Morgan fingerprint density at radius 2 is 1.15 bits per heavy atom. The zero-order valence-electron chi connectivity index (χ0n) is 23.1. The fourth-order valence-corrected chi connectivity index (χ4v) is 6.61. The molecule has 0 atom stereocenters. The van der Waals surface area contributed by atoms with Crippen molar-refractivity contribution in [3.8, 4) is 22.3 Å². The van der Waals surface area contributed by atoms with Gasteiger partial charge in [-0.1, -0.05) is 105 Å². The Bertz CT molecular complexity index is 2030. The van der Waals surface area contributed by atoms with Crippen molar-refractivity contribution in [2.24, 2.45) is 0 Å². The van der Waals surface area contributed by atoms with E-state index in [2.05, 4.69) is 152 Å². The molecule has 0 saturated heterocycles. The number of furan rings is 1. The molecule has 8 rings (SSSR count). The lowest BCUT2D eigenvalue weighted by Gasteiger charge is -2.26. The molecule has 7 aromatic rings. The molecule has 0 amide bonds. The lowest BCUT2D eigenvalue weighted by Crippen LogP contribution is -2.14. The van der Waals surface area contributed by atoms with Gasteiger partial charge in [0.15, 0.2) is 5.58 Å². The molecule has 0 aliphatic heterocycles. The smallest absolute Gasteiger partial charge is 0.159 e. The summed E-state index contributed by atoms with van der Waals surface area (Å²) < 4.78 is 6.61. The molecule has 0 saturated carbocycles. The van der Waals surface area contributed by atoms with Crippen molar-refractivity contribution in [1.29, 1.82) is 0 Å². The van der Waals surface area contributed by atoms with Crippen LogP contribution in [-0.4, -0.2) is 0 Å². The molecule has 196 valence electrons. The summed E-state index contributed by atoms with van der Waals surface area (Å²) in [6.07, 6.45) is 0. The number of fused-ring (bicyclic) bond motifs is 6. The third-order valence-electron chi connectivity index (χ3n) is 8.65. The first-order chi connectivity index (χ1) is 20.1. The van der Waals surface area contributed by atoms with Gasteiger partial charge in [0.05, 0.1) is 5.69 Å². The Kier molecular flexibility index (Phi) is 5.20. The van der Waals surface area contributed by atoms with Crippen LogP contribution in [0.2, 0.25) is 0 Å². The minimum Gasteiger partial charge on any atom is -0.454 e. The summed E-state index contributed by atoms with van der Waals surface area (Å²) in [4.78, 5) is 2.31. The lowest BCUT2D eigenvalue weighted by atomic mass is 9.81. The molecule has 0 radical (unpaired) electrons. The van der Waals surface area contributed by atoms with Gasteiger partial charge in [-0.25, -0.2) is 0 Å². The van der Waals surface area contributed by atoms with E-state index >= 15 is 0 Å². The van der Waals surface area contributed by atoms with Gasteiger partial charge in [-0.2, -0.15) is 0 Å². The van der Waals surface area contributed by atoms with Crippen molar-refractivity contribution >= 4 is 39.0 Å². The SMILES string of the molecule is CC1(C)c2ccccc2-c2ccc(-c3cc(N(c4ccccc4)c4ccccc4)c4oc5ccccc5c4c3)cc21. The highest BCUT2D eigenvalue weighted by atomic mass is 16.3. The number of hydrogen-bond acceptors (Lipinski definition) is 2. The Morgan fingerprint density at radius 3 is 1.90 bits per heavy atom. The molecule has 1 heterocycles. The van der Waals surface area contributed by atoms with E-state index in [4.69, 9.17) is 4.42 Å². The van der Waals surface area contributed by atoms with E-state index in [1.54, 1.807) is 0 Å². The normalized spacial score (nSPS) is 13.3. The van der Waals surface area contributed by atoms with E-state index < -0.39 is 0 Å². The van der Waals surface area contributed by atoms with Crippen LogP contribution in [0.3, 0.4) is 0 Å². The number of anilines is 3. The van der Waals surface area contributed by atoms with Gasteiger partial charge in [0.2, 0.25) is 0 Å². The highest BCUT2D eigenvalue weighted by Gasteiger charge is 2.35. The van der Waals surface area contributed by atoms with E-state index in [9.17, 15) is 0 Å². The van der Waals surface area contributed by atoms with Gasteiger partial charge >= 0.3 is 0 Å². The van der Waals surface area contributed by atoms with Gasteiger partial charge in [-0.15, -0.1) is 0 Å². The number of benzene rings is 6. The van der Waals surface area contributed by atoms with Gasteiger partial charge in [0.25, 0.3) is 0 Å². The summed E-state index contributed by atoms with van der Waals surface area (Å²) in [6.45, 7) is 4.68. The molecule has 1 aromatic heterocycles. The largest absolute Gasteiger partial charge is 0.454 e. The van der Waals surface area contributed by atoms with Crippen molar-refractivity contribution in [3.05, 3.63) is 151 Å². The van der Waals surface area contributed by atoms with Crippen LogP contribution in [0.5, 0.6) is 0 Å². The molecule has 2 heteroatoms. The van der Waals surface area contributed by atoms with E-state index in [-0.39, 0.29) is 5.41 Å². The van der Waals surface area contributed by atoms with E-state index in [1.807, 2.05) is 6.07 Å². The average Bonchev–Trinajstić information content (AvgIpc) is 3.51. The quantitative estimate of drug-likeness (QED) is 0.226. The number of para-hydroxylation sites is 3. The molecular weight excluding hydrogens is 498 g/mol. The Morgan fingerprint density at radius 1 is 0.512 bits per heavy atom. The second-order valence-electron chi connectivity index (χ2n) is 11.4. The predicted molar refractivity (Wildman–Crippen MR) is 171 cm³/mol. The first-order valence-corrected chi connectivity index (χ1v) is 14.2. The molecule has 0 fully saturated rings. The highest BCUT2D eigenvalue weighted by molar-refractivity contribution is 6.12. The third-order valence-corrected chi connectivity index (χ3v) is 8.65. The lowest BCUT2D eigenvalue weighted by molar-refractivity contribution is 0.660. The van der Waals surface area contributed by atoms with Gasteiger partial charge < -0.3 is 9.32 Å². The zero-order valence-corrected chi connectivity index (χ0v) is 23.1. The van der Waals surface area contributed by atoms with Gasteiger partial charge in [-0.3, -0.25) is 0 Å². The molecule has 41 heavy (non-hydrogen) atoms. The van der Waals surface area contributed by atoms with Crippen LogP contribution in [-0.2, 0) is 5.41 Å². The van der Waals surface area contributed by atoms with Crippen molar-refractivity contribution in [3.63, 3.8) is 0 Å². The van der Waals surface area contributed by atoms with Crippen LogP contribution in [0.1, 0.15) is 25.0 Å². The fourth-order valence-electron chi connectivity index (χ4n) is 6.61. The van der Waals surface area contributed by atoms with Crippen molar-refractivity contribution < 1.29 is 4.42 Å². The molecule has 1 aliphatic rings. The van der Waals surface area contributed by atoms with Crippen molar-refractivity contribution in [2.75, 3.05) is 4.90 Å². The second-order valence-corrected chi connectivity index (χ2v) is 11.4. The molecule has 0 bridgehead atoms. The second kappa shape index (κ2) is 8.97. The van der Waals surface area contributed by atoms with Crippen molar-refractivity contribution in [1.82, 2.24) is 0 Å². The molecule has 6 aromatic carbocycles. The maximum Gasteiger partial charge on any atom is 0.159 e. The van der Waals surface area contributed by atoms with Crippen LogP contribution in [0.4, 0.5) is 17.1 Å². The third kappa shape index (κ3) is 3.64. The van der Waals surface area contributed by atoms with Gasteiger partial charge in [0, 0.05) is 27.6 Å². The maximum absolute atomic E-state index is 6.61. The molecule has 1 aliphatic carbocycles. The highest BCUT2D eigenvalue weighted by Crippen LogP contribution is 2.50. The number of nitrogens with zero attached hydrogens (tertiary/aromatic N) is 1. The number of rotatable bonds is 4. The molecule has 0 spiro atoms. The Balaban J connectivity index is 1.41. The summed E-state index contributed by atoms with van der Waals surface area (Å²) in [5, 5.41) is 2.24. The first kappa shape index (κ1) is 23.8. The molecule has 0 unspecified atom stereocenters. The van der Waals surface area contributed by atoms with Crippen LogP contribution in [0.15, 0.2) is 144 Å². The van der Waals surface area contributed by atoms with Gasteiger partial charge in [0.1, 0.15) is 5.58 Å². The summed E-state index contributed by atoms with van der Waals surface area (Å²) in [5.74, 6) is 0. The average molecular weight is 528 g/mol. The maximum atomic E-state index is 6.61. The summed E-state index contributed by atoms with van der Waals surface area (Å²) in [7, 11) is 0. The zero-order chi connectivity index (χ0) is 27.6. The minimum atomic E-state index is -0.0582. The fraction of sp³-hybridized carbons (Fsp3) is 0.0769. The van der Waals surface area contributed by atoms with Crippen LogP contribution in [0, 0.1) is 0 Å². The van der Waals surface area contributed by atoms with Crippen LogP contribution in [0.25, 0.3) is 44.2 Å². The summed E-state index contributed by atoms with van der Waals surface area (Å²) in [5.41, 5.74) is 12.7. The van der Waals surface area contributed by atoms with E-state index in [1.165, 1.54) is 33.4 Å². The molecular formula is C39H29NO. The minimum absolute atomic E-state index is 0.0582. The van der Waals surface area contributed by atoms with E-state index in [0.717, 1.165) is 39.0 Å². The predicted octanol–water partition coefficient (Wildman–Crippen LogP) is 11.0. The van der Waals surface area contributed by atoms with Gasteiger partial charge in [-0.05, 0) is 81.9 Å². The standard InChI is InChI=1S/C39H29NO/c1-39(2)34-19-11-9-17-30(34)31-22-21-26(24-35(31)39)27-23-33-32-18-10-12-20-37(32)41-38(33)36(25-27)40(28-13-5-3-6-14-28)29-15-7-4-8-16-29/h3-25H,1-2H3. The van der Waals surface area contributed by atoms with Crippen LogP contribution >= 0.6 is 0 Å². The first-order valence-electron chi connectivity index (χ1n) is 14.2. The van der Waals surface area contributed by atoms with Crippen molar-refractivity contribution in [2.45, 2.75) is 19.3 Å².